The Hall–Kier alpha value is -1.24. The molecule has 13 heavy (non-hydrogen) atoms. The summed E-state index contributed by atoms with van der Waals surface area (Å²) in [4.78, 5) is 12.9. The Bertz CT molecular complexity index is 249. The average molecular weight is 182 g/mol. The number of rotatable bonds is 0. The van der Waals surface area contributed by atoms with E-state index in [9.17, 15) is 4.79 Å². The van der Waals surface area contributed by atoms with E-state index in [1.54, 1.807) is 4.90 Å². The number of amides is 1. The molecule has 1 heterocycles. The first-order valence-electron chi connectivity index (χ1n) is 4.29. The van der Waals surface area contributed by atoms with Crippen molar-refractivity contribution < 1.29 is 9.53 Å². The summed E-state index contributed by atoms with van der Waals surface area (Å²) in [5, 5.41) is 8.69. The summed E-state index contributed by atoms with van der Waals surface area (Å²) in [7, 11) is 0. The highest BCUT2D eigenvalue weighted by Gasteiger charge is 2.34. The lowest BCUT2D eigenvalue weighted by atomic mass is 10.0. The van der Waals surface area contributed by atoms with Gasteiger partial charge in [0.1, 0.15) is 6.61 Å². The molecule has 0 aromatic rings. The van der Waals surface area contributed by atoms with Crippen LogP contribution >= 0.6 is 0 Å². The predicted octanol–water partition coefficient (Wildman–Crippen LogP) is 1.38. The highest BCUT2D eigenvalue weighted by Crippen LogP contribution is 2.20. The predicted molar refractivity (Wildman–Crippen MR) is 46.9 cm³/mol. The Morgan fingerprint density at radius 2 is 2.23 bits per heavy atom. The number of cyclic esters (lactones) is 1. The van der Waals surface area contributed by atoms with E-state index in [0.717, 1.165) is 0 Å². The summed E-state index contributed by atoms with van der Waals surface area (Å²) in [6.07, 6.45) is -0.320. The van der Waals surface area contributed by atoms with Crippen molar-refractivity contribution in [1.29, 1.82) is 5.26 Å². The van der Waals surface area contributed by atoms with E-state index < -0.39 is 0 Å². The molecule has 1 unspecified atom stereocenters. The Balaban J connectivity index is 2.73. The normalized spacial score (nSPS) is 23.7. The van der Waals surface area contributed by atoms with Crippen molar-refractivity contribution >= 4 is 6.09 Å². The maximum Gasteiger partial charge on any atom is 0.410 e. The zero-order chi connectivity index (χ0) is 10.1. The van der Waals surface area contributed by atoms with Gasteiger partial charge in [-0.25, -0.2) is 4.79 Å². The molecule has 0 aliphatic carbocycles. The molecule has 1 saturated heterocycles. The van der Waals surface area contributed by atoms with Crippen LogP contribution in [0.15, 0.2) is 0 Å². The molecule has 0 aromatic heterocycles. The highest BCUT2D eigenvalue weighted by molar-refractivity contribution is 5.69. The first-order valence-corrected chi connectivity index (χ1v) is 4.29. The Kier molecular flexibility index (Phi) is 2.46. The van der Waals surface area contributed by atoms with Crippen LogP contribution in [0.25, 0.3) is 0 Å². The van der Waals surface area contributed by atoms with Gasteiger partial charge in [0.15, 0.2) is 0 Å². The lowest BCUT2D eigenvalue weighted by Gasteiger charge is -2.38. The maximum atomic E-state index is 11.3. The van der Waals surface area contributed by atoms with Gasteiger partial charge < -0.3 is 9.64 Å². The molecule has 1 fully saturated rings. The summed E-state index contributed by atoms with van der Waals surface area (Å²) >= 11 is 0. The molecule has 1 amide bonds. The molecule has 0 bridgehead atoms. The van der Waals surface area contributed by atoms with Crippen LogP contribution in [-0.4, -0.2) is 29.7 Å². The second kappa shape index (κ2) is 3.25. The summed E-state index contributed by atoms with van der Waals surface area (Å²) in [6, 6.07) is 2.11. The molecule has 1 aliphatic heterocycles. The topological polar surface area (TPSA) is 53.3 Å². The van der Waals surface area contributed by atoms with Crippen LogP contribution < -0.4 is 0 Å². The molecule has 0 saturated carbocycles. The van der Waals surface area contributed by atoms with Crippen molar-refractivity contribution in [1.82, 2.24) is 4.90 Å². The molecule has 4 heteroatoms. The third-order valence-corrected chi connectivity index (χ3v) is 2.02. The molecule has 72 valence electrons. The van der Waals surface area contributed by atoms with Crippen molar-refractivity contribution in [3.05, 3.63) is 0 Å². The van der Waals surface area contributed by atoms with Crippen molar-refractivity contribution in [2.75, 3.05) is 13.2 Å². The monoisotopic (exact) mass is 182 g/mol. The van der Waals surface area contributed by atoms with Gasteiger partial charge >= 0.3 is 6.09 Å². The van der Waals surface area contributed by atoms with Gasteiger partial charge in [0, 0.05) is 12.1 Å². The molecule has 1 rings (SSSR count). The van der Waals surface area contributed by atoms with Crippen molar-refractivity contribution in [2.24, 2.45) is 5.92 Å². The van der Waals surface area contributed by atoms with E-state index in [1.807, 2.05) is 20.8 Å². The molecular weight excluding hydrogens is 168 g/mol. The molecule has 0 N–H and O–H groups in total. The number of hydrogen-bond donors (Lipinski definition) is 0. The SMILES string of the molecule is CC(C)(C)N1CC(C#N)COC1=O. The Morgan fingerprint density at radius 1 is 1.62 bits per heavy atom. The Labute approximate surface area is 78.1 Å². The number of nitrogens with zero attached hydrogens (tertiary/aromatic N) is 2. The molecule has 1 aliphatic rings. The van der Waals surface area contributed by atoms with Crippen LogP contribution in [0.1, 0.15) is 20.8 Å². The molecule has 4 nitrogen and oxygen atoms in total. The Morgan fingerprint density at radius 3 is 2.69 bits per heavy atom. The van der Waals surface area contributed by atoms with Crippen LogP contribution in [0.5, 0.6) is 0 Å². The van der Waals surface area contributed by atoms with E-state index >= 15 is 0 Å². The minimum Gasteiger partial charge on any atom is -0.448 e. The molecule has 0 spiro atoms. The standard InChI is InChI=1S/C9H14N2O2/c1-9(2,3)11-5-7(4-10)6-13-8(11)12/h7H,5-6H2,1-3H3. The third kappa shape index (κ3) is 2.11. The number of carbonyl (C=O) groups is 1. The van der Waals surface area contributed by atoms with Crippen molar-refractivity contribution in [2.45, 2.75) is 26.3 Å². The van der Waals surface area contributed by atoms with Gasteiger partial charge in [0.05, 0.1) is 12.0 Å². The van der Waals surface area contributed by atoms with Crippen molar-refractivity contribution in [3.63, 3.8) is 0 Å². The molecule has 0 aromatic carbocycles. The fraction of sp³-hybridized carbons (Fsp3) is 0.778. The zero-order valence-corrected chi connectivity index (χ0v) is 8.20. The van der Waals surface area contributed by atoms with Crippen molar-refractivity contribution in [3.8, 4) is 6.07 Å². The summed E-state index contributed by atoms with van der Waals surface area (Å²) in [5.74, 6) is -0.197. The van der Waals surface area contributed by atoms with E-state index in [-0.39, 0.29) is 24.2 Å². The smallest absolute Gasteiger partial charge is 0.410 e. The van der Waals surface area contributed by atoms with Crippen LogP contribution in [-0.2, 0) is 4.74 Å². The second-order valence-electron chi connectivity index (χ2n) is 4.18. The summed E-state index contributed by atoms with van der Waals surface area (Å²) in [6.45, 7) is 6.47. The van der Waals surface area contributed by atoms with E-state index in [1.165, 1.54) is 0 Å². The summed E-state index contributed by atoms with van der Waals surface area (Å²) < 4.78 is 4.88. The zero-order valence-electron chi connectivity index (χ0n) is 8.20. The maximum absolute atomic E-state index is 11.3. The largest absolute Gasteiger partial charge is 0.448 e. The highest BCUT2D eigenvalue weighted by atomic mass is 16.6. The van der Waals surface area contributed by atoms with E-state index in [2.05, 4.69) is 6.07 Å². The first kappa shape index (κ1) is 9.85. The average Bonchev–Trinajstić information content (AvgIpc) is 2.03. The van der Waals surface area contributed by atoms with Crippen LogP contribution in [0.2, 0.25) is 0 Å². The quantitative estimate of drug-likeness (QED) is 0.568. The molecule has 0 radical (unpaired) electrons. The fourth-order valence-corrected chi connectivity index (χ4v) is 1.22. The lowest BCUT2D eigenvalue weighted by Crippen LogP contribution is -2.52. The third-order valence-electron chi connectivity index (χ3n) is 2.02. The van der Waals surface area contributed by atoms with Crippen LogP contribution in [0, 0.1) is 17.2 Å². The van der Waals surface area contributed by atoms with Gasteiger partial charge in [0.25, 0.3) is 0 Å². The lowest BCUT2D eigenvalue weighted by molar-refractivity contribution is 0.0216. The first-order chi connectivity index (χ1) is 5.95. The minimum atomic E-state index is -0.320. The van der Waals surface area contributed by atoms with Gasteiger partial charge in [-0.1, -0.05) is 0 Å². The molecular formula is C9H14N2O2. The number of nitriles is 1. The van der Waals surface area contributed by atoms with Crippen LogP contribution in [0.3, 0.4) is 0 Å². The van der Waals surface area contributed by atoms with Gasteiger partial charge in [-0.3, -0.25) is 0 Å². The van der Waals surface area contributed by atoms with E-state index in [4.69, 9.17) is 10.00 Å². The minimum absolute atomic E-state index is 0.197. The number of carbonyl (C=O) groups excluding carboxylic acids is 1. The van der Waals surface area contributed by atoms with Gasteiger partial charge in [-0.2, -0.15) is 5.26 Å². The molecule has 1 atom stereocenters. The van der Waals surface area contributed by atoms with Gasteiger partial charge in [0.2, 0.25) is 0 Å². The fourth-order valence-electron chi connectivity index (χ4n) is 1.22. The second-order valence-corrected chi connectivity index (χ2v) is 4.18. The van der Waals surface area contributed by atoms with Gasteiger partial charge in [-0.05, 0) is 20.8 Å². The number of ether oxygens (including phenoxy) is 1. The van der Waals surface area contributed by atoms with Gasteiger partial charge in [-0.15, -0.1) is 0 Å². The van der Waals surface area contributed by atoms with Crippen LogP contribution in [0.4, 0.5) is 4.79 Å². The summed E-state index contributed by atoms with van der Waals surface area (Å²) in [5.41, 5.74) is -0.271. The number of hydrogen-bond acceptors (Lipinski definition) is 3. The van der Waals surface area contributed by atoms with E-state index in [0.29, 0.717) is 6.54 Å².